The van der Waals surface area contributed by atoms with E-state index in [1.807, 2.05) is 67.9 Å². The van der Waals surface area contributed by atoms with E-state index in [9.17, 15) is 14.4 Å². The third-order valence-electron chi connectivity index (χ3n) is 7.74. The lowest BCUT2D eigenvalue weighted by Gasteiger charge is -2.32. The molecule has 5 rings (SSSR count). The van der Waals surface area contributed by atoms with Crippen LogP contribution in [0, 0.1) is 0 Å². The zero-order valence-electron chi connectivity index (χ0n) is 24.8. The number of anilines is 1. The van der Waals surface area contributed by atoms with Gasteiger partial charge in [0.15, 0.2) is 0 Å². The molecule has 222 valence electrons. The molecular formula is C34H35ClN4O4. The van der Waals surface area contributed by atoms with Gasteiger partial charge in [0.05, 0.1) is 46.3 Å². The number of ether oxygens (including phenoxy) is 1. The molecule has 0 bridgehead atoms. The lowest BCUT2D eigenvalue weighted by molar-refractivity contribution is 0.0599. The maximum atomic E-state index is 13.5. The molecular weight excluding hydrogens is 564 g/mol. The van der Waals surface area contributed by atoms with Gasteiger partial charge in [0.1, 0.15) is 0 Å². The minimum Gasteiger partial charge on any atom is -0.465 e. The van der Waals surface area contributed by atoms with Crippen molar-refractivity contribution in [2.45, 2.75) is 45.1 Å². The van der Waals surface area contributed by atoms with E-state index in [0.29, 0.717) is 40.5 Å². The molecule has 1 aromatic heterocycles. The van der Waals surface area contributed by atoms with Crippen molar-refractivity contribution in [3.05, 3.63) is 106 Å². The summed E-state index contributed by atoms with van der Waals surface area (Å²) in [6.45, 7) is 7.25. The van der Waals surface area contributed by atoms with E-state index in [2.05, 4.69) is 10.4 Å². The molecule has 4 aromatic rings. The Hall–Kier alpha value is -4.43. The first-order valence-electron chi connectivity index (χ1n) is 14.3. The Labute approximate surface area is 256 Å². The van der Waals surface area contributed by atoms with Gasteiger partial charge in [-0.15, -0.1) is 0 Å². The van der Waals surface area contributed by atoms with Crippen molar-refractivity contribution in [3.8, 4) is 11.3 Å². The number of esters is 1. The third-order valence-corrected chi connectivity index (χ3v) is 8.07. The summed E-state index contributed by atoms with van der Waals surface area (Å²) >= 11 is 6.49. The van der Waals surface area contributed by atoms with Gasteiger partial charge in [-0.3, -0.25) is 14.3 Å². The molecule has 1 saturated heterocycles. The number of carbonyl (C=O) groups excluding carboxylic acids is 3. The molecule has 1 fully saturated rings. The fraction of sp³-hybridized carbons (Fsp3) is 0.294. The minimum atomic E-state index is -0.362. The van der Waals surface area contributed by atoms with E-state index < -0.39 is 0 Å². The predicted molar refractivity (Wildman–Crippen MR) is 168 cm³/mol. The number of benzene rings is 3. The molecule has 1 aliphatic heterocycles. The average molecular weight is 599 g/mol. The Kier molecular flexibility index (Phi) is 8.69. The summed E-state index contributed by atoms with van der Waals surface area (Å²) in [6, 6.07) is 22.1. The van der Waals surface area contributed by atoms with Crippen LogP contribution in [0.15, 0.2) is 79.0 Å². The second-order valence-electron chi connectivity index (χ2n) is 11.7. The maximum absolute atomic E-state index is 13.5. The number of rotatable bonds is 6. The van der Waals surface area contributed by atoms with Gasteiger partial charge in [-0.1, -0.05) is 54.1 Å². The van der Waals surface area contributed by atoms with Crippen LogP contribution in [0.1, 0.15) is 76.2 Å². The zero-order chi connectivity index (χ0) is 30.7. The lowest BCUT2D eigenvalue weighted by atomic mass is 9.88. The zero-order valence-corrected chi connectivity index (χ0v) is 25.5. The molecule has 1 N–H and O–H groups in total. The Morgan fingerprint density at radius 3 is 2.23 bits per heavy atom. The van der Waals surface area contributed by atoms with Crippen molar-refractivity contribution in [3.63, 3.8) is 0 Å². The summed E-state index contributed by atoms with van der Waals surface area (Å²) in [5.41, 5.74) is 4.16. The number of methoxy groups -OCH3 is 1. The van der Waals surface area contributed by atoms with Gasteiger partial charge in [-0.05, 0) is 75.4 Å². The topological polar surface area (TPSA) is 93.5 Å². The number of nitrogens with one attached hydrogen (secondary N) is 1. The quantitative estimate of drug-likeness (QED) is 0.241. The summed E-state index contributed by atoms with van der Waals surface area (Å²) in [5, 5.41) is 7.82. The van der Waals surface area contributed by atoms with Crippen molar-refractivity contribution in [2.24, 2.45) is 0 Å². The van der Waals surface area contributed by atoms with Crippen LogP contribution in [0.3, 0.4) is 0 Å². The molecule has 3 aromatic carbocycles. The fourth-order valence-electron chi connectivity index (χ4n) is 5.46. The molecule has 0 saturated carbocycles. The Morgan fingerprint density at radius 2 is 1.60 bits per heavy atom. The lowest BCUT2D eigenvalue weighted by Crippen LogP contribution is -2.38. The number of likely N-dealkylation sites (tertiary alicyclic amines) is 1. The summed E-state index contributed by atoms with van der Waals surface area (Å²) < 4.78 is 6.63. The van der Waals surface area contributed by atoms with Gasteiger partial charge in [0, 0.05) is 24.3 Å². The van der Waals surface area contributed by atoms with Crippen molar-refractivity contribution in [2.75, 3.05) is 25.5 Å². The number of aromatic nitrogens is 2. The molecule has 9 heteroatoms. The standard InChI is InChI=1S/C34H35ClN4O4/c1-34(2,3)39-30(24-8-6-5-7-9-24)28(21-36-39)31(40)37-26-14-15-29(35)27(20-26)32(41)38-18-16-23(17-19-38)22-10-12-25(13-11-22)33(42)43-4/h5-15,20-21,23H,16-19H2,1-4H3,(H,37,40). The first-order chi connectivity index (χ1) is 20.6. The van der Waals surface area contributed by atoms with Crippen LogP contribution in [0.4, 0.5) is 5.69 Å². The molecule has 2 heterocycles. The molecule has 0 radical (unpaired) electrons. The van der Waals surface area contributed by atoms with E-state index in [1.165, 1.54) is 7.11 Å². The van der Waals surface area contributed by atoms with E-state index in [0.717, 1.165) is 29.7 Å². The highest BCUT2D eigenvalue weighted by atomic mass is 35.5. The number of amides is 2. The van der Waals surface area contributed by atoms with Crippen LogP contribution in [0.5, 0.6) is 0 Å². The Balaban J connectivity index is 1.30. The summed E-state index contributed by atoms with van der Waals surface area (Å²) in [7, 11) is 1.36. The second-order valence-corrected chi connectivity index (χ2v) is 12.1. The highest BCUT2D eigenvalue weighted by Crippen LogP contribution is 2.32. The van der Waals surface area contributed by atoms with Gasteiger partial charge in [0.25, 0.3) is 11.8 Å². The highest BCUT2D eigenvalue weighted by Gasteiger charge is 2.28. The smallest absolute Gasteiger partial charge is 0.337 e. The molecule has 0 spiro atoms. The average Bonchev–Trinajstić information content (AvgIpc) is 3.48. The van der Waals surface area contributed by atoms with Gasteiger partial charge in [-0.25, -0.2) is 4.79 Å². The van der Waals surface area contributed by atoms with E-state index in [1.54, 1.807) is 41.4 Å². The van der Waals surface area contributed by atoms with Crippen molar-refractivity contribution < 1.29 is 19.1 Å². The van der Waals surface area contributed by atoms with Crippen LogP contribution in [0.2, 0.25) is 5.02 Å². The van der Waals surface area contributed by atoms with Gasteiger partial charge in [-0.2, -0.15) is 5.10 Å². The fourth-order valence-corrected chi connectivity index (χ4v) is 5.66. The minimum absolute atomic E-state index is 0.175. The van der Waals surface area contributed by atoms with E-state index in [-0.39, 0.29) is 29.2 Å². The molecule has 43 heavy (non-hydrogen) atoms. The van der Waals surface area contributed by atoms with Gasteiger partial charge < -0.3 is 15.0 Å². The molecule has 8 nitrogen and oxygen atoms in total. The van der Waals surface area contributed by atoms with E-state index in [4.69, 9.17) is 16.3 Å². The van der Waals surface area contributed by atoms with Gasteiger partial charge in [0.2, 0.25) is 0 Å². The molecule has 2 amide bonds. The Bertz CT molecular complexity index is 1630. The highest BCUT2D eigenvalue weighted by molar-refractivity contribution is 6.34. The number of hydrogen-bond acceptors (Lipinski definition) is 5. The van der Waals surface area contributed by atoms with Crippen LogP contribution < -0.4 is 5.32 Å². The summed E-state index contributed by atoms with van der Waals surface area (Å²) in [5.74, 6) is -0.580. The number of halogens is 1. The summed E-state index contributed by atoms with van der Waals surface area (Å²) in [6.07, 6.45) is 3.16. The van der Waals surface area contributed by atoms with Crippen LogP contribution in [-0.2, 0) is 10.3 Å². The first kappa shape index (κ1) is 30.0. The molecule has 0 aliphatic carbocycles. The van der Waals surface area contributed by atoms with E-state index >= 15 is 0 Å². The Morgan fingerprint density at radius 1 is 0.930 bits per heavy atom. The van der Waals surface area contributed by atoms with Crippen molar-refractivity contribution >= 4 is 35.1 Å². The van der Waals surface area contributed by atoms with Gasteiger partial charge >= 0.3 is 5.97 Å². The van der Waals surface area contributed by atoms with Crippen molar-refractivity contribution in [1.29, 1.82) is 0 Å². The maximum Gasteiger partial charge on any atom is 0.337 e. The van der Waals surface area contributed by atoms with Crippen LogP contribution in [-0.4, -0.2) is 52.7 Å². The number of carbonyl (C=O) groups is 3. The molecule has 1 aliphatic rings. The predicted octanol–water partition coefficient (Wildman–Crippen LogP) is 7.02. The number of nitrogens with zero attached hydrogens (tertiary/aromatic N) is 3. The molecule has 0 unspecified atom stereocenters. The largest absolute Gasteiger partial charge is 0.465 e. The SMILES string of the molecule is COC(=O)c1ccc(C2CCN(C(=O)c3cc(NC(=O)c4cnn(C(C)(C)C)c4-c4ccccc4)ccc3Cl)CC2)cc1. The number of hydrogen-bond donors (Lipinski definition) is 1. The monoisotopic (exact) mass is 598 g/mol. The number of piperidine rings is 1. The molecule has 0 atom stereocenters. The first-order valence-corrected chi connectivity index (χ1v) is 14.7. The van der Waals surface area contributed by atoms with Crippen LogP contribution >= 0.6 is 11.6 Å². The van der Waals surface area contributed by atoms with Crippen LogP contribution in [0.25, 0.3) is 11.3 Å². The normalized spacial score (nSPS) is 13.9. The second kappa shape index (κ2) is 12.4. The third kappa shape index (κ3) is 6.49. The summed E-state index contributed by atoms with van der Waals surface area (Å²) in [4.78, 5) is 40.6. The van der Waals surface area contributed by atoms with Crippen molar-refractivity contribution in [1.82, 2.24) is 14.7 Å².